The molecule has 0 aliphatic heterocycles. The number of benzene rings is 3. The number of furan rings is 1. The molecule has 0 saturated heterocycles. The Morgan fingerprint density at radius 2 is 1.54 bits per heavy atom. The predicted molar refractivity (Wildman–Crippen MR) is 149 cm³/mol. The first-order chi connectivity index (χ1) is 18.7. The zero-order valence-corrected chi connectivity index (χ0v) is 22.6. The van der Waals surface area contributed by atoms with Crippen LogP contribution < -0.4 is 10.7 Å². The molecule has 0 aliphatic rings. The van der Waals surface area contributed by atoms with E-state index in [-0.39, 0.29) is 34.5 Å². The number of amides is 2. The number of nitrogens with one attached hydrogen (secondary N) is 2. The summed E-state index contributed by atoms with van der Waals surface area (Å²) in [4.78, 5) is 24.2. The number of hydrazone groups is 1. The second-order valence-corrected chi connectivity index (χ2v) is 10.9. The molecule has 4 rings (SSSR count). The van der Waals surface area contributed by atoms with Gasteiger partial charge in [0.2, 0.25) is 10.0 Å². The lowest BCUT2D eigenvalue weighted by molar-refractivity contribution is -0.136. The SMILES string of the molecule is O=C(N/N=C/c1ccc(CN(Cc2ccccc2)S(=O)(=O)c2ccc(Cl)cc2)o1)C(=O)Nc1ccccc1Cl. The summed E-state index contributed by atoms with van der Waals surface area (Å²) in [6.07, 6.45) is 1.19. The van der Waals surface area contributed by atoms with Crippen molar-refractivity contribution in [3.05, 3.63) is 118 Å². The Bertz CT molecular complexity index is 1590. The van der Waals surface area contributed by atoms with Crippen molar-refractivity contribution in [2.24, 2.45) is 5.10 Å². The number of anilines is 1. The third kappa shape index (κ3) is 7.55. The second-order valence-electron chi connectivity index (χ2n) is 8.15. The molecule has 4 aromatic rings. The molecule has 0 saturated carbocycles. The Hall–Kier alpha value is -3.96. The number of para-hydroxylation sites is 1. The van der Waals surface area contributed by atoms with Crippen molar-refractivity contribution in [3.63, 3.8) is 0 Å². The first kappa shape index (κ1) is 28.1. The van der Waals surface area contributed by atoms with Crippen LogP contribution in [0.15, 0.2) is 105 Å². The molecule has 0 fully saturated rings. The average Bonchev–Trinajstić information content (AvgIpc) is 3.37. The summed E-state index contributed by atoms with van der Waals surface area (Å²) < 4.78 is 33.9. The zero-order chi connectivity index (χ0) is 27.8. The summed E-state index contributed by atoms with van der Waals surface area (Å²) in [7, 11) is -3.90. The van der Waals surface area contributed by atoms with E-state index >= 15 is 0 Å². The highest BCUT2D eigenvalue weighted by Gasteiger charge is 2.26. The smallest absolute Gasteiger partial charge is 0.329 e. The van der Waals surface area contributed by atoms with Crippen molar-refractivity contribution < 1.29 is 22.4 Å². The standard InChI is InChI=1S/C27H22Cl2N4O5S/c28-20-10-14-23(15-11-20)39(36,37)33(17-19-6-2-1-3-7-19)18-22-13-12-21(38-22)16-30-32-27(35)26(34)31-25-9-5-4-8-24(25)29/h1-16H,17-18H2,(H,31,34)(H,32,35)/b30-16+. The Morgan fingerprint density at radius 3 is 2.26 bits per heavy atom. The highest BCUT2D eigenvalue weighted by molar-refractivity contribution is 7.89. The molecular formula is C27H22Cl2N4O5S. The van der Waals surface area contributed by atoms with Crippen molar-refractivity contribution in [2.75, 3.05) is 5.32 Å². The maximum absolute atomic E-state index is 13.4. The van der Waals surface area contributed by atoms with Crippen LogP contribution in [0.25, 0.3) is 0 Å². The Balaban J connectivity index is 1.43. The van der Waals surface area contributed by atoms with E-state index in [1.165, 1.54) is 34.8 Å². The number of rotatable bonds is 9. The van der Waals surface area contributed by atoms with Gasteiger partial charge in [-0.2, -0.15) is 9.41 Å². The summed E-state index contributed by atoms with van der Waals surface area (Å²) in [6, 6.07) is 24.7. The van der Waals surface area contributed by atoms with Gasteiger partial charge in [0, 0.05) is 11.6 Å². The van der Waals surface area contributed by atoms with Crippen molar-refractivity contribution in [2.45, 2.75) is 18.0 Å². The van der Waals surface area contributed by atoms with Gasteiger partial charge < -0.3 is 9.73 Å². The maximum atomic E-state index is 13.4. The third-order valence-electron chi connectivity index (χ3n) is 5.35. The normalized spacial score (nSPS) is 11.6. The molecule has 39 heavy (non-hydrogen) atoms. The molecule has 0 spiro atoms. The number of nitrogens with zero attached hydrogens (tertiary/aromatic N) is 2. The van der Waals surface area contributed by atoms with Gasteiger partial charge in [-0.15, -0.1) is 0 Å². The molecule has 1 aromatic heterocycles. The molecule has 0 bridgehead atoms. The number of halogens is 2. The lowest BCUT2D eigenvalue weighted by atomic mass is 10.2. The fraction of sp³-hybridized carbons (Fsp3) is 0.0741. The van der Waals surface area contributed by atoms with E-state index in [2.05, 4.69) is 15.8 Å². The van der Waals surface area contributed by atoms with E-state index in [0.717, 1.165) is 5.56 Å². The van der Waals surface area contributed by atoms with Crippen LogP contribution in [0.5, 0.6) is 0 Å². The molecule has 2 N–H and O–H groups in total. The van der Waals surface area contributed by atoms with Gasteiger partial charge >= 0.3 is 11.8 Å². The number of hydrogen-bond donors (Lipinski definition) is 2. The number of sulfonamides is 1. The van der Waals surface area contributed by atoms with Gasteiger partial charge in [0.15, 0.2) is 0 Å². The molecule has 0 atom stereocenters. The van der Waals surface area contributed by atoms with Gasteiger partial charge in [0.25, 0.3) is 0 Å². The monoisotopic (exact) mass is 584 g/mol. The van der Waals surface area contributed by atoms with Crippen LogP contribution in [0.4, 0.5) is 5.69 Å². The molecule has 2 amide bonds. The fourth-order valence-corrected chi connectivity index (χ4v) is 5.14. The first-order valence-electron chi connectivity index (χ1n) is 11.5. The van der Waals surface area contributed by atoms with Crippen LogP contribution >= 0.6 is 23.2 Å². The van der Waals surface area contributed by atoms with E-state index in [1.807, 2.05) is 30.3 Å². The second kappa shape index (κ2) is 12.7. The van der Waals surface area contributed by atoms with Gasteiger partial charge in [0.05, 0.1) is 28.4 Å². The topological polar surface area (TPSA) is 121 Å². The molecule has 1 heterocycles. The van der Waals surface area contributed by atoms with Gasteiger partial charge in [-0.3, -0.25) is 9.59 Å². The first-order valence-corrected chi connectivity index (χ1v) is 13.7. The van der Waals surface area contributed by atoms with Crippen molar-refractivity contribution in [1.29, 1.82) is 0 Å². The van der Waals surface area contributed by atoms with Crippen LogP contribution in [-0.4, -0.2) is 30.8 Å². The van der Waals surface area contributed by atoms with E-state index in [1.54, 1.807) is 36.4 Å². The summed E-state index contributed by atoms with van der Waals surface area (Å²) >= 11 is 11.9. The Morgan fingerprint density at radius 1 is 0.846 bits per heavy atom. The fourth-order valence-electron chi connectivity index (χ4n) is 3.44. The number of carbonyl (C=O) groups excluding carboxylic acids is 2. The largest absolute Gasteiger partial charge is 0.459 e. The summed E-state index contributed by atoms with van der Waals surface area (Å²) in [6.45, 7) is 0.0345. The zero-order valence-electron chi connectivity index (χ0n) is 20.3. The van der Waals surface area contributed by atoms with Crippen LogP contribution in [0.1, 0.15) is 17.1 Å². The van der Waals surface area contributed by atoms with Crippen molar-refractivity contribution >= 4 is 56.9 Å². The minimum Gasteiger partial charge on any atom is -0.459 e. The Labute approximate surface area is 235 Å². The van der Waals surface area contributed by atoms with Crippen LogP contribution in [0, 0.1) is 0 Å². The highest BCUT2D eigenvalue weighted by atomic mass is 35.5. The molecule has 12 heteroatoms. The molecule has 0 aliphatic carbocycles. The van der Waals surface area contributed by atoms with Crippen molar-refractivity contribution in [3.8, 4) is 0 Å². The lowest BCUT2D eigenvalue weighted by Gasteiger charge is -2.21. The molecule has 3 aromatic carbocycles. The van der Waals surface area contributed by atoms with E-state index in [0.29, 0.717) is 10.8 Å². The number of carbonyl (C=O) groups is 2. The van der Waals surface area contributed by atoms with E-state index in [9.17, 15) is 18.0 Å². The quantitative estimate of drug-likeness (QED) is 0.162. The van der Waals surface area contributed by atoms with Gasteiger partial charge in [-0.05, 0) is 54.1 Å². The van der Waals surface area contributed by atoms with Crippen LogP contribution in [-0.2, 0) is 32.7 Å². The van der Waals surface area contributed by atoms with Gasteiger partial charge in [0.1, 0.15) is 11.5 Å². The van der Waals surface area contributed by atoms with Gasteiger partial charge in [-0.25, -0.2) is 13.8 Å². The molecule has 0 unspecified atom stereocenters. The third-order valence-corrected chi connectivity index (χ3v) is 7.74. The maximum Gasteiger partial charge on any atom is 0.329 e. The minimum atomic E-state index is -3.90. The highest BCUT2D eigenvalue weighted by Crippen LogP contribution is 2.23. The lowest BCUT2D eigenvalue weighted by Crippen LogP contribution is -2.32. The van der Waals surface area contributed by atoms with E-state index < -0.39 is 21.8 Å². The van der Waals surface area contributed by atoms with Crippen LogP contribution in [0.3, 0.4) is 0 Å². The summed E-state index contributed by atoms with van der Waals surface area (Å²) in [5.41, 5.74) is 3.18. The minimum absolute atomic E-state index is 0.0692. The molecule has 200 valence electrons. The predicted octanol–water partition coefficient (Wildman–Crippen LogP) is 5.07. The molecular weight excluding hydrogens is 563 g/mol. The van der Waals surface area contributed by atoms with Crippen molar-refractivity contribution in [1.82, 2.24) is 9.73 Å². The molecule has 0 radical (unpaired) electrons. The van der Waals surface area contributed by atoms with Crippen LogP contribution in [0.2, 0.25) is 10.0 Å². The summed E-state index contributed by atoms with van der Waals surface area (Å²) in [5, 5.41) is 6.83. The van der Waals surface area contributed by atoms with Gasteiger partial charge in [-0.1, -0.05) is 65.7 Å². The summed E-state index contributed by atoms with van der Waals surface area (Å²) in [5.74, 6) is -1.39. The number of hydrogen-bond acceptors (Lipinski definition) is 6. The Kier molecular flexibility index (Phi) is 9.15. The van der Waals surface area contributed by atoms with E-state index in [4.69, 9.17) is 27.6 Å². The average molecular weight is 585 g/mol. The molecule has 9 nitrogen and oxygen atoms in total.